The minimum absolute atomic E-state index is 0. The van der Waals surface area contributed by atoms with Gasteiger partial charge in [-0.25, -0.2) is 0 Å². The van der Waals surface area contributed by atoms with Crippen LogP contribution in [0, 0.1) is 13.8 Å². The van der Waals surface area contributed by atoms with Crippen LogP contribution in [0.15, 0.2) is 0 Å². The van der Waals surface area contributed by atoms with Crippen molar-refractivity contribution in [2.75, 3.05) is 13.7 Å². The Morgan fingerprint density at radius 3 is 1.90 bits per heavy atom. The van der Waals surface area contributed by atoms with Crippen LogP contribution < -0.4 is 16.0 Å². The molecule has 1 aromatic rings. The van der Waals surface area contributed by atoms with E-state index in [4.69, 9.17) is 4.74 Å². The van der Waals surface area contributed by atoms with Crippen LogP contribution in [0.3, 0.4) is 0 Å². The predicted octanol–water partition coefficient (Wildman–Crippen LogP) is 4.69. The number of Topliss-reactive ketones (excluding diaryl/α,β-unsaturated/α-hetero) is 1. The Morgan fingerprint density at radius 1 is 0.900 bits per heavy atom. The molecule has 0 unspecified atom stereocenters. The number of ether oxygens (including phenoxy) is 1. The number of rotatable bonds is 15. The van der Waals surface area contributed by atoms with E-state index in [1.165, 1.54) is 45.6 Å². The van der Waals surface area contributed by atoms with E-state index >= 15 is 0 Å². The van der Waals surface area contributed by atoms with Gasteiger partial charge in [0.1, 0.15) is 5.75 Å². The van der Waals surface area contributed by atoms with Gasteiger partial charge in [-0.15, -0.1) is 0 Å². The molecule has 1 aromatic carbocycles. The fraction of sp³-hybridized carbons (Fsp3) is 0.667. The molecule has 0 saturated heterocycles. The predicted molar refractivity (Wildman–Crippen MR) is 120 cm³/mol. The first-order valence-corrected chi connectivity index (χ1v) is 11.0. The number of methoxy groups -OCH3 is 1. The van der Waals surface area contributed by atoms with Crippen molar-refractivity contribution in [3.63, 3.8) is 0 Å². The van der Waals surface area contributed by atoms with E-state index in [1.54, 1.807) is 13.8 Å². The van der Waals surface area contributed by atoms with Gasteiger partial charge in [0.15, 0.2) is 5.78 Å². The van der Waals surface area contributed by atoms with Crippen LogP contribution in [0.4, 0.5) is 0 Å². The minimum atomic E-state index is -1.37. The maximum absolute atomic E-state index is 12.9. The summed E-state index contributed by atoms with van der Waals surface area (Å²) in [7, 11) is 1.39. The Balaban J connectivity index is 0.00000841. The SMILES string of the molecule is CCCCCCCCCCCC(=O)c1c(C)c(CCO)c(OC)c(C(=O)[O-])c1C.[NH4+]. The van der Waals surface area contributed by atoms with E-state index < -0.39 is 5.97 Å². The number of carboxylic acid groups (broad SMARTS) is 1. The second kappa shape index (κ2) is 15.0. The van der Waals surface area contributed by atoms with E-state index in [0.29, 0.717) is 28.7 Å². The standard InChI is InChI=1S/C24H38O5.H3N/c1-5-6-7-8-9-10-11-12-13-14-20(26)21-17(2)19(15-16-25)23(29-4)22(18(21)3)24(27)28;/h25H,5-16H2,1-4H3,(H,27,28);1H3. The number of hydrogen-bond acceptors (Lipinski definition) is 5. The van der Waals surface area contributed by atoms with Gasteiger partial charge >= 0.3 is 0 Å². The summed E-state index contributed by atoms with van der Waals surface area (Å²) in [5.74, 6) is -1.23. The first-order chi connectivity index (χ1) is 13.9. The summed E-state index contributed by atoms with van der Waals surface area (Å²) in [6, 6.07) is 0. The molecule has 0 radical (unpaired) electrons. The highest BCUT2D eigenvalue weighted by molar-refractivity contribution is 6.03. The van der Waals surface area contributed by atoms with E-state index in [1.807, 2.05) is 0 Å². The van der Waals surface area contributed by atoms with E-state index in [9.17, 15) is 19.8 Å². The van der Waals surface area contributed by atoms with Crippen LogP contribution in [0.25, 0.3) is 0 Å². The molecule has 0 aliphatic heterocycles. The second-order valence-corrected chi connectivity index (χ2v) is 7.77. The number of carbonyl (C=O) groups is 2. The Hall–Kier alpha value is -1.92. The van der Waals surface area contributed by atoms with Gasteiger partial charge in [0, 0.05) is 29.7 Å². The van der Waals surface area contributed by atoms with Crippen LogP contribution in [-0.4, -0.2) is 30.6 Å². The summed E-state index contributed by atoms with van der Waals surface area (Å²) < 4.78 is 5.30. The van der Waals surface area contributed by atoms with Gasteiger partial charge in [0.25, 0.3) is 0 Å². The number of hydrogen-bond donors (Lipinski definition) is 2. The molecule has 0 atom stereocenters. The average molecular weight is 424 g/mol. The number of aliphatic hydroxyl groups excluding tert-OH is 1. The van der Waals surface area contributed by atoms with Crippen LogP contribution in [-0.2, 0) is 6.42 Å². The van der Waals surface area contributed by atoms with Crippen LogP contribution in [0.1, 0.15) is 109 Å². The molecule has 6 nitrogen and oxygen atoms in total. The van der Waals surface area contributed by atoms with Crippen LogP contribution in [0.5, 0.6) is 5.75 Å². The Morgan fingerprint density at radius 2 is 1.43 bits per heavy atom. The number of unbranched alkanes of at least 4 members (excludes halogenated alkanes) is 8. The molecule has 0 fully saturated rings. The molecule has 0 aromatic heterocycles. The zero-order valence-electron chi connectivity index (χ0n) is 19.6. The topological polar surface area (TPSA) is 123 Å². The number of carbonyl (C=O) groups excluding carboxylic acids is 2. The first kappa shape index (κ1) is 28.1. The lowest BCUT2D eigenvalue weighted by Crippen LogP contribution is -2.26. The summed E-state index contributed by atoms with van der Waals surface area (Å²) in [6.07, 6.45) is 11.2. The molecule has 6 heteroatoms. The molecule has 0 spiro atoms. The molecular formula is C24H41NO5. The minimum Gasteiger partial charge on any atom is -0.545 e. The first-order valence-electron chi connectivity index (χ1n) is 11.0. The molecule has 1 rings (SSSR count). The number of ketones is 1. The van der Waals surface area contributed by atoms with Gasteiger partial charge in [-0.2, -0.15) is 0 Å². The van der Waals surface area contributed by atoms with Gasteiger partial charge in [-0.1, -0.05) is 58.3 Å². The van der Waals surface area contributed by atoms with Crippen molar-refractivity contribution in [3.8, 4) is 5.75 Å². The molecule has 0 bridgehead atoms. The third-order valence-corrected chi connectivity index (χ3v) is 5.64. The lowest BCUT2D eigenvalue weighted by atomic mass is 9.87. The smallest absolute Gasteiger partial charge is 0.163 e. The van der Waals surface area contributed by atoms with Crippen molar-refractivity contribution < 1.29 is 24.5 Å². The third-order valence-electron chi connectivity index (χ3n) is 5.64. The maximum atomic E-state index is 12.9. The summed E-state index contributed by atoms with van der Waals surface area (Å²) in [5.41, 5.74) is 2.00. The van der Waals surface area contributed by atoms with Crippen molar-refractivity contribution in [1.82, 2.24) is 6.15 Å². The van der Waals surface area contributed by atoms with Gasteiger partial charge in [0.2, 0.25) is 0 Å². The number of benzene rings is 1. The highest BCUT2D eigenvalue weighted by atomic mass is 16.5. The van der Waals surface area contributed by atoms with Gasteiger partial charge in [-0.05, 0) is 37.8 Å². The molecular weight excluding hydrogens is 382 g/mol. The number of quaternary nitrogens is 1. The molecule has 30 heavy (non-hydrogen) atoms. The number of aromatic carboxylic acids is 1. The Bertz CT molecular complexity index is 685. The second-order valence-electron chi connectivity index (χ2n) is 7.77. The third kappa shape index (κ3) is 7.73. The average Bonchev–Trinajstić information content (AvgIpc) is 2.68. The lowest BCUT2D eigenvalue weighted by molar-refractivity contribution is -0.255. The van der Waals surface area contributed by atoms with Crippen molar-refractivity contribution in [2.24, 2.45) is 0 Å². The Labute approximate surface area is 181 Å². The van der Waals surface area contributed by atoms with Crippen molar-refractivity contribution in [3.05, 3.63) is 27.8 Å². The van der Waals surface area contributed by atoms with Crippen LogP contribution in [0.2, 0.25) is 0 Å². The normalized spacial score (nSPS) is 10.6. The van der Waals surface area contributed by atoms with Gasteiger partial charge in [-0.3, -0.25) is 4.79 Å². The maximum Gasteiger partial charge on any atom is 0.163 e. The molecule has 0 amide bonds. The van der Waals surface area contributed by atoms with Gasteiger partial charge < -0.3 is 25.9 Å². The summed E-state index contributed by atoms with van der Waals surface area (Å²) in [4.78, 5) is 24.6. The zero-order valence-corrected chi connectivity index (χ0v) is 19.6. The van der Waals surface area contributed by atoms with Crippen molar-refractivity contribution in [1.29, 1.82) is 0 Å². The molecule has 0 saturated carbocycles. The zero-order chi connectivity index (χ0) is 21.8. The largest absolute Gasteiger partial charge is 0.545 e. The van der Waals surface area contributed by atoms with Crippen molar-refractivity contribution >= 4 is 11.8 Å². The molecule has 0 aliphatic carbocycles. The Kier molecular flexibility index (Phi) is 14.0. The summed E-state index contributed by atoms with van der Waals surface area (Å²) >= 11 is 0. The van der Waals surface area contributed by atoms with Gasteiger partial charge in [0.05, 0.1) is 13.1 Å². The molecule has 5 N–H and O–H groups in total. The lowest BCUT2D eigenvalue weighted by Gasteiger charge is -2.22. The fourth-order valence-corrected chi connectivity index (χ4v) is 4.07. The van der Waals surface area contributed by atoms with E-state index in [-0.39, 0.29) is 36.3 Å². The highest BCUT2D eigenvalue weighted by Gasteiger charge is 2.24. The molecule has 172 valence electrons. The quantitative estimate of drug-likeness (QED) is 0.313. The van der Waals surface area contributed by atoms with E-state index in [0.717, 1.165) is 19.3 Å². The molecule has 0 heterocycles. The number of carboxylic acids is 1. The summed E-state index contributed by atoms with van der Waals surface area (Å²) in [5, 5.41) is 21.1. The highest BCUT2D eigenvalue weighted by Crippen LogP contribution is 2.34. The molecule has 0 aliphatic rings. The van der Waals surface area contributed by atoms with Crippen LogP contribution >= 0.6 is 0 Å². The monoisotopic (exact) mass is 423 g/mol. The van der Waals surface area contributed by atoms with E-state index in [2.05, 4.69) is 6.92 Å². The fourth-order valence-electron chi connectivity index (χ4n) is 4.07. The van der Waals surface area contributed by atoms with Crippen molar-refractivity contribution in [2.45, 2.75) is 91.4 Å². The summed E-state index contributed by atoms with van der Waals surface area (Å²) in [6.45, 7) is 5.49. The number of aliphatic hydroxyl groups is 1.